The van der Waals surface area contributed by atoms with Crippen molar-refractivity contribution in [3.63, 3.8) is 0 Å². The quantitative estimate of drug-likeness (QED) is 0.438. The van der Waals surface area contributed by atoms with Gasteiger partial charge in [-0.1, -0.05) is 32.9 Å². The van der Waals surface area contributed by atoms with Crippen LogP contribution < -0.4 is 0 Å². The highest BCUT2D eigenvalue weighted by molar-refractivity contribution is 6.52. The molecule has 0 aliphatic rings. The third kappa shape index (κ3) is 5.00. The molecule has 0 aromatic heterocycles. The maximum atomic E-state index is 2.54. The second-order valence-corrected chi connectivity index (χ2v) is 6.35. The summed E-state index contributed by atoms with van der Waals surface area (Å²) < 4.78 is 2.54. The van der Waals surface area contributed by atoms with E-state index in [2.05, 4.69) is 31.6 Å². The van der Waals surface area contributed by atoms with Crippen molar-refractivity contribution in [3.05, 3.63) is 0 Å². The van der Waals surface area contributed by atoms with Crippen molar-refractivity contribution in [2.24, 2.45) is 0 Å². The molecular weight excluding hydrogens is 138 g/mol. The van der Waals surface area contributed by atoms with Gasteiger partial charge in [-0.3, -0.25) is 0 Å². The van der Waals surface area contributed by atoms with Crippen LogP contribution in [0, 0.1) is 0 Å². The maximum Gasteiger partial charge on any atom is 0.105 e. The van der Waals surface area contributed by atoms with Gasteiger partial charge in [-0.15, -0.1) is 0 Å². The molecule has 0 aromatic carbocycles. The molecule has 0 aliphatic carbocycles. The molecule has 0 aliphatic heterocycles. The fourth-order valence-electron chi connectivity index (χ4n) is 0.869. The summed E-state index contributed by atoms with van der Waals surface area (Å²) in [6, 6.07) is 0. The highest BCUT2D eigenvalue weighted by Gasteiger charge is 2.02. The van der Waals surface area contributed by atoms with E-state index >= 15 is 0 Å². The first-order valence-corrected chi connectivity index (χ1v) is 7.21. The first kappa shape index (κ1) is 10.2. The lowest BCUT2D eigenvalue weighted by molar-refractivity contribution is 0.491. The zero-order valence-electron chi connectivity index (χ0n) is 7.85. The monoisotopic (exact) mass is 159 g/mol. The molecule has 0 rings (SSSR count). The van der Waals surface area contributed by atoms with Gasteiger partial charge in [0.05, 0.1) is 0 Å². The van der Waals surface area contributed by atoms with Gasteiger partial charge in [0.15, 0.2) is 0 Å². The third-order valence-electron chi connectivity index (χ3n) is 2.00. The Labute approximate surface area is 67.1 Å². The molecule has 0 amide bonds. The van der Waals surface area contributed by atoms with E-state index in [1.165, 1.54) is 25.8 Å². The van der Waals surface area contributed by atoms with Crippen molar-refractivity contribution >= 4 is 8.96 Å². The van der Waals surface area contributed by atoms with Crippen LogP contribution in [-0.4, -0.2) is 27.1 Å². The zero-order valence-corrected chi connectivity index (χ0v) is 9.01. The molecule has 0 bridgehead atoms. The van der Waals surface area contributed by atoms with Crippen molar-refractivity contribution in [2.75, 3.05) is 13.6 Å². The lowest BCUT2D eigenvalue weighted by Crippen LogP contribution is -2.31. The van der Waals surface area contributed by atoms with Crippen molar-refractivity contribution < 1.29 is 0 Å². The van der Waals surface area contributed by atoms with Gasteiger partial charge in [-0.25, -0.2) is 0 Å². The standard InChI is InChI=1S/C8H21NSi/c1-5-6-7-8-9(2)10(3)4/h10H,5-8H2,1-4H3. The Bertz CT molecular complexity index is 73.7. The van der Waals surface area contributed by atoms with E-state index < -0.39 is 8.96 Å². The van der Waals surface area contributed by atoms with Crippen LogP contribution in [0.1, 0.15) is 26.2 Å². The molecule has 1 nitrogen and oxygen atoms in total. The third-order valence-corrected chi connectivity index (χ3v) is 4.02. The fourth-order valence-corrected chi connectivity index (χ4v) is 1.57. The van der Waals surface area contributed by atoms with E-state index in [4.69, 9.17) is 0 Å². The molecule has 0 fully saturated rings. The average Bonchev–Trinajstić information content (AvgIpc) is 1.88. The van der Waals surface area contributed by atoms with Crippen LogP contribution in [0.3, 0.4) is 0 Å². The molecule has 0 atom stereocenters. The first-order chi connectivity index (χ1) is 4.68. The number of unbranched alkanes of at least 4 members (excludes halogenated alkanes) is 2. The summed E-state index contributed by atoms with van der Waals surface area (Å²) in [6.45, 7) is 8.34. The van der Waals surface area contributed by atoms with Crippen LogP contribution in [0.25, 0.3) is 0 Å². The zero-order chi connectivity index (χ0) is 7.98. The van der Waals surface area contributed by atoms with E-state index in [1.54, 1.807) is 0 Å². The highest BCUT2D eigenvalue weighted by atomic mass is 28.3. The lowest BCUT2D eigenvalue weighted by Gasteiger charge is -2.19. The minimum Gasteiger partial charge on any atom is -0.329 e. The summed E-state index contributed by atoms with van der Waals surface area (Å²) in [5.41, 5.74) is 0. The molecule has 10 heavy (non-hydrogen) atoms. The highest BCUT2D eigenvalue weighted by Crippen LogP contribution is 1.97. The van der Waals surface area contributed by atoms with Gasteiger partial charge in [0.25, 0.3) is 0 Å². The summed E-state index contributed by atoms with van der Waals surface area (Å²) in [4.78, 5) is 0. The SMILES string of the molecule is CCCCCN(C)[SiH](C)C. The summed E-state index contributed by atoms with van der Waals surface area (Å²) >= 11 is 0. The Balaban J connectivity index is 3.13. The minimum absolute atomic E-state index is 0.474. The van der Waals surface area contributed by atoms with Crippen molar-refractivity contribution in [1.82, 2.24) is 4.57 Å². The second-order valence-electron chi connectivity index (χ2n) is 3.28. The summed E-state index contributed by atoms with van der Waals surface area (Å²) in [7, 11) is 1.78. The predicted octanol–water partition coefficient (Wildman–Crippen LogP) is 2.09. The summed E-state index contributed by atoms with van der Waals surface area (Å²) in [6.07, 6.45) is 4.12. The van der Waals surface area contributed by atoms with Gasteiger partial charge in [0, 0.05) is 0 Å². The van der Waals surface area contributed by atoms with Crippen molar-refractivity contribution in [2.45, 2.75) is 39.3 Å². The molecule has 0 N–H and O–H groups in total. The fraction of sp³-hybridized carbons (Fsp3) is 1.00. The molecule has 0 heterocycles. The molecular formula is C8H21NSi. The Kier molecular flexibility index (Phi) is 6.03. The van der Waals surface area contributed by atoms with E-state index in [1.807, 2.05) is 0 Å². The van der Waals surface area contributed by atoms with Crippen LogP contribution in [0.4, 0.5) is 0 Å². The Morgan fingerprint density at radius 1 is 1.20 bits per heavy atom. The van der Waals surface area contributed by atoms with Crippen LogP contribution in [0.5, 0.6) is 0 Å². The summed E-state index contributed by atoms with van der Waals surface area (Å²) in [5.74, 6) is 0. The van der Waals surface area contributed by atoms with Gasteiger partial charge in [0.2, 0.25) is 0 Å². The van der Waals surface area contributed by atoms with Gasteiger partial charge in [-0.05, 0) is 20.0 Å². The van der Waals surface area contributed by atoms with Gasteiger partial charge in [-0.2, -0.15) is 0 Å². The molecule has 0 spiro atoms. The van der Waals surface area contributed by atoms with Gasteiger partial charge >= 0.3 is 0 Å². The number of rotatable bonds is 5. The topological polar surface area (TPSA) is 3.24 Å². The molecule has 62 valence electrons. The van der Waals surface area contributed by atoms with Crippen LogP contribution in [0.15, 0.2) is 0 Å². The smallest absolute Gasteiger partial charge is 0.105 e. The average molecular weight is 159 g/mol. The number of nitrogens with zero attached hydrogens (tertiary/aromatic N) is 1. The van der Waals surface area contributed by atoms with Crippen LogP contribution >= 0.6 is 0 Å². The van der Waals surface area contributed by atoms with Crippen molar-refractivity contribution in [3.8, 4) is 0 Å². The van der Waals surface area contributed by atoms with E-state index in [0.717, 1.165) is 0 Å². The Morgan fingerprint density at radius 2 is 1.80 bits per heavy atom. The van der Waals surface area contributed by atoms with E-state index in [9.17, 15) is 0 Å². The van der Waals surface area contributed by atoms with Gasteiger partial charge < -0.3 is 4.57 Å². The lowest BCUT2D eigenvalue weighted by atomic mass is 10.2. The number of hydrogen-bond acceptors (Lipinski definition) is 1. The first-order valence-electron chi connectivity index (χ1n) is 4.38. The van der Waals surface area contributed by atoms with Gasteiger partial charge in [0.1, 0.15) is 8.96 Å². The largest absolute Gasteiger partial charge is 0.329 e. The minimum atomic E-state index is -0.474. The van der Waals surface area contributed by atoms with Crippen molar-refractivity contribution in [1.29, 1.82) is 0 Å². The molecule has 0 saturated heterocycles. The predicted molar refractivity (Wildman–Crippen MR) is 51.0 cm³/mol. The Hall–Kier alpha value is 0.177. The van der Waals surface area contributed by atoms with E-state index in [-0.39, 0.29) is 0 Å². The molecule has 0 aromatic rings. The van der Waals surface area contributed by atoms with E-state index in [0.29, 0.717) is 0 Å². The molecule has 2 heteroatoms. The molecule has 0 unspecified atom stereocenters. The normalized spacial score (nSPS) is 11.4. The molecule has 0 saturated carbocycles. The Morgan fingerprint density at radius 3 is 2.20 bits per heavy atom. The second kappa shape index (κ2) is 5.92. The van der Waals surface area contributed by atoms with Crippen LogP contribution in [-0.2, 0) is 0 Å². The number of hydrogen-bond donors (Lipinski definition) is 0. The summed E-state index contributed by atoms with van der Waals surface area (Å²) in [5, 5.41) is 0. The maximum absolute atomic E-state index is 2.54. The van der Waals surface area contributed by atoms with Crippen LogP contribution in [0.2, 0.25) is 13.1 Å². The molecule has 0 radical (unpaired) electrons.